The Balaban J connectivity index is 2.00. The number of ketones is 1. The summed E-state index contributed by atoms with van der Waals surface area (Å²) >= 11 is 6.03. The molecule has 1 aromatic heterocycles. The molecule has 0 aliphatic carbocycles. The molecule has 0 bridgehead atoms. The number of Topliss-reactive ketones (excluding diaryl/α,β-unsaturated/α-hetero) is 1. The monoisotopic (exact) mass is 433 g/mol. The van der Waals surface area contributed by atoms with Gasteiger partial charge in [-0.25, -0.2) is 4.98 Å². The van der Waals surface area contributed by atoms with Gasteiger partial charge in [-0.1, -0.05) is 38.4 Å². The molecule has 0 spiro atoms. The van der Waals surface area contributed by atoms with Crippen LogP contribution in [0.2, 0.25) is 5.02 Å². The summed E-state index contributed by atoms with van der Waals surface area (Å²) in [6.07, 6.45) is 1.09. The summed E-state index contributed by atoms with van der Waals surface area (Å²) in [6, 6.07) is 9.97. The third kappa shape index (κ3) is 7.02. The van der Waals surface area contributed by atoms with E-state index in [1.165, 1.54) is 18.3 Å². The van der Waals surface area contributed by atoms with E-state index in [0.717, 1.165) is 0 Å². The zero-order valence-electron chi connectivity index (χ0n) is 17.7. The molecule has 162 valence electrons. The van der Waals surface area contributed by atoms with Crippen LogP contribution < -0.4 is 4.74 Å². The van der Waals surface area contributed by atoms with Crippen LogP contribution in [0.3, 0.4) is 0 Å². The highest BCUT2D eigenvalue weighted by atomic mass is 35.5. The standard InChI is InChI=1S/C23H28ClNO5/c1-14(2)11-21(30-18-8-5-7-17(24)13-18)16(4)29-23(28)15(3)12-20(27)22-19(26)9-6-10-25-22/h5-10,13-16,21,26H,11-12H2,1-4H3/t15-,16+,21-/m1/s1. The van der Waals surface area contributed by atoms with Gasteiger partial charge in [0.25, 0.3) is 0 Å². The van der Waals surface area contributed by atoms with Gasteiger partial charge in [-0.3, -0.25) is 9.59 Å². The quantitative estimate of drug-likeness (QED) is 0.415. The minimum Gasteiger partial charge on any atom is -0.506 e. The first kappa shape index (κ1) is 23.7. The average molecular weight is 434 g/mol. The van der Waals surface area contributed by atoms with Gasteiger partial charge in [0, 0.05) is 17.6 Å². The summed E-state index contributed by atoms with van der Waals surface area (Å²) in [6.45, 7) is 7.50. The number of pyridine rings is 1. The van der Waals surface area contributed by atoms with Gasteiger partial charge in [0.15, 0.2) is 5.78 Å². The number of carbonyl (C=O) groups is 2. The van der Waals surface area contributed by atoms with E-state index in [9.17, 15) is 14.7 Å². The fourth-order valence-electron chi connectivity index (χ4n) is 2.96. The minimum atomic E-state index is -0.688. The maximum Gasteiger partial charge on any atom is 0.309 e. The SMILES string of the molecule is CC(C)C[C@@H](Oc1cccc(Cl)c1)[C@H](C)OC(=O)[C@H](C)CC(=O)c1ncccc1O. The largest absolute Gasteiger partial charge is 0.506 e. The zero-order valence-corrected chi connectivity index (χ0v) is 18.4. The number of esters is 1. The van der Waals surface area contributed by atoms with E-state index in [4.69, 9.17) is 21.1 Å². The van der Waals surface area contributed by atoms with Crippen LogP contribution in [0.15, 0.2) is 42.6 Å². The van der Waals surface area contributed by atoms with E-state index < -0.39 is 23.8 Å². The molecule has 30 heavy (non-hydrogen) atoms. The van der Waals surface area contributed by atoms with Crippen LogP contribution in [-0.4, -0.2) is 34.1 Å². The van der Waals surface area contributed by atoms with E-state index in [0.29, 0.717) is 23.1 Å². The number of halogens is 1. The van der Waals surface area contributed by atoms with E-state index in [2.05, 4.69) is 18.8 Å². The van der Waals surface area contributed by atoms with Crippen LogP contribution in [0.25, 0.3) is 0 Å². The molecular weight excluding hydrogens is 406 g/mol. The highest BCUT2D eigenvalue weighted by Gasteiger charge is 2.28. The van der Waals surface area contributed by atoms with Crippen LogP contribution in [-0.2, 0) is 9.53 Å². The lowest BCUT2D eigenvalue weighted by Crippen LogP contribution is -2.36. The summed E-state index contributed by atoms with van der Waals surface area (Å²) < 4.78 is 11.7. The van der Waals surface area contributed by atoms with E-state index >= 15 is 0 Å². The molecule has 0 aliphatic heterocycles. The molecule has 0 fully saturated rings. The molecule has 0 radical (unpaired) electrons. The van der Waals surface area contributed by atoms with Crippen LogP contribution in [0.1, 0.15) is 51.0 Å². The van der Waals surface area contributed by atoms with Crippen LogP contribution in [0, 0.1) is 11.8 Å². The Morgan fingerprint density at radius 2 is 1.87 bits per heavy atom. The number of hydrogen-bond acceptors (Lipinski definition) is 6. The number of benzene rings is 1. The Morgan fingerprint density at radius 1 is 1.13 bits per heavy atom. The lowest BCUT2D eigenvalue weighted by molar-refractivity contribution is -0.157. The fraction of sp³-hybridized carbons (Fsp3) is 0.435. The molecule has 0 amide bonds. The molecule has 3 atom stereocenters. The highest BCUT2D eigenvalue weighted by Crippen LogP contribution is 2.24. The second-order valence-electron chi connectivity index (χ2n) is 7.78. The summed E-state index contributed by atoms with van der Waals surface area (Å²) in [5, 5.41) is 10.3. The van der Waals surface area contributed by atoms with Gasteiger partial charge in [-0.05, 0) is 49.6 Å². The predicted octanol–water partition coefficient (Wildman–Crippen LogP) is 5.07. The Hall–Kier alpha value is -2.60. The highest BCUT2D eigenvalue weighted by molar-refractivity contribution is 6.30. The van der Waals surface area contributed by atoms with Gasteiger partial charge in [0.1, 0.15) is 29.4 Å². The topological polar surface area (TPSA) is 85.7 Å². The van der Waals surface area contributed by atoms with Crippen molar-refractivity contribution in [2.75, 3.05) is 0 Å². The summed E-state index contributed by atoms with van der Waals surface area (Å²) in [5.74, 6) is -0.893. The van der Waals surface area contributed by atoms with Gasteiger partial charge < -0.3 is 14.6 Å². The Morgan fingerprint density at radius 3 is 2.50 bits per heavy atom. The number of ether oxygens (including phenoxy) is 2. The third-order valence-electron chi connectivity index (χ3n) is 4.56. The molecule has 2 aromatic rings. The van der Waals surface area contributed by atoms with Crippen molar-refractivity contribution in [3.8, 4) is 11.5 Å². The number of hydrogen-bond donors (Lipinski definition) is 1. The average Bonchev–Trinajstić information content (AvgIpc) is 2.67. The molecule has 1 heterocycles. The maximum absolute atomic E-state index is 12.6. The first-order valence-electron chi connectivity index (χ1n) is 9.97. The second kappa shape index (κ2) is 11.0. The maximum atomic E-state index is 12.6. The number of rotatable bonds is 10. The molecule has 0 saturated carbocycles. The molecule has 0 saturated heterocycles. The Kier molecular flexibility index (Phi) is 8.66. The molecule has 2 rings (SSSR count). The number of carbonyl (C=O) groups excluding carboxylic acids is 2. The number of aromatic hydroxyl groups is 1. The minimum absolute atomic E-state index is 0.0489. The smallest absolute Gasteiger partial charge is 0.309 e. The lowest BCUT2D eigenvalue weighted by atomic mass is 10.0. The van der Waals surface area contributed by atoms with E-state index in [1.54, 1.807) is 38.1 Å². The fourth-order valence-corrected chi connectivity index (χ4v) is 3.14. The first-order valence-corrected chi connectivity index (χ1v) is 10.3. The van der Waals surface area contributed by atoms with Crippen molar-refractivity contribution in [3.63, 3.8) is 0 Å². The van der Waals surface area contributed by atoms with Crippen LogP contribution in [0.5, 0.6) is 11.5 Å². The van der Waals surface area contributed by atoms with Crippen molar-refractivity contribution >= 4 is 23.4 Å². The summed E-state index contributed by atoms with van der Waals surface area (Å²) in [5.41, 5.74) is -0.0489. The van der Waals surface area contributed by atoms with Crippen molar-refractivity contribution in [1.82, 2.24) is 4.98 Å². The molecule has 1 N–H and O–H groups in total. The predicted molar refractivity (Wildman–Crippen MR) is 115 cm³/mol. The Labute approximate surface area is 182 Å². The number of aromatic nitrogens is 1. The van der Waals surface area contributed by atoms with E-state index in [1.807, 2.05) is 0 Å². The molecular formula is C23H28ClNO5. The van der Waals surface area contributed by atoms with Crippen LogP contribution in [0.4, 0.5) is 0 Å². The van der Waals surface area contributed by atoms with Gasteiger partial charge in [-0.15, -0.1) is 0 Å². The third-order valence-corrected chi connectivity index (χ3v) is 4.79. The molecule has 0 aliphatic rings. The molecule has 6 nitrogen and oxygen atoms in total. The molecule has 7 heteroatoms. The summed E-state index contributed by atoms with van der Waals surface area (Å²) in [4.78, 5) is 28.8. The number of nitrogens with zero attached hydrogens (tertiary/aromatic N) is 1. The lowest BCUT2D eigenvalue weighted by Gasteiger charge is -2.27. The van der Waals surface area contributed by atoms with Crippen molar-refractivity contribution in [2.24, 2.45) is 11.8 Å². The normalized spacial score (nSPS) is 14.1. The van der Waals surface area contributed by atoms with Crippen molar-refractivity contribution in [2.45, 2.75) is 52.7 Å². The van der Waals surface area contributed by atoms with Crippen LogP contribution >= 0.6 is 11.6 Å². The second-order valence-corrected chi connectivity index (χ2v) is 8.22. The van der Waals surface area contributed by atoms with Gasteiger partial charge in [0.05, 0.1) is 5.92 Å². The van der Waals surface area contributed by atoms with Crippen molar-refractivity contribution in [3.05, 3.63) is 53.3 Å². The van der Waals surface area contributed by atoms with Gasteiger partial charge in [0.2, 0.25) is 0 Å². The van der Waals surface area contributed by atoms with Crippen molar-refractivity contribution < 1.29 is 24.2 Å². The van der Waals surface area contributed by atoms with Gasteiger partial charge >= 0.3 is 5.97 Å². The van der Waals surface area contributed by atoms with E-state index in [-0.39, 0.29) is 24.0 Å². The zero-order chi connectivity index (χ0) is 22.3. The first-order chi connectivity index (χ1) is 14.2. The molecule has 1 aromatic carbocycles. The Bertz CT molecular complexity index is 870. The van der Waals surface area contributed by atoms with Gasteiger partial charge in [-0.2, -0.15) is 0 Å². The molecule has 0 unspecified atom stereocenters. The summed E-state index contributed by atoms with van der Waals surface area (Å²) in [7, 11) is 0. The van der Waals surface area contributed by atoms with Crippen molar-refractivity contribution in [1.29, 1.82) is 0 Å².